The van der Waals surface area contributed by atoms with Crippen molar-refractivity contribution in [3.63, 3.8) is 0 Å². The minimum atomic E-state index is 0.836. The highest BCUT2D eigenvalue weighted by Gasteiger charge is 2.19. The number of furan rings is 1. The van der Waals surface area contributed by atoms with Gasteiger partial charge in [0.1, 0.15) is 16.2 Å². The Morgan fingerprint density at radius 2 is 0.947 bits per heavy atom. The summed E-state index contributed by atoms with van der Waals surface area (Å²) in [4.78, 5) is 7.62. The molecule has 0 N–H and O–H groups in total. The van der Waals surface area contributed by atoms with Crippen molar-refractivity contribution in [1.29, 1.82) is 0 Å². The number of fused-ring (bicyclic) bond motifs is 6. The number of benzene rings is 9. The molecule has 2 heterocycles. The molecule has 0 aliphatic rings. The van der Waals surface area contributed by atoms with Crippen molar-refractivity contribution in [3.8, 4) is 44.0 Å². The van der Waals surface area contributed by atoms with E-state index in [-0.39, 0.29) is 0 Å². The Hall–Kier alpha value is -7.27. The molecule has 0 aliphatic heterocycles. The molecule has 11 aromatic rings. The number of anilines is 3. The van der Waals surface area contributed by atoms with E-state index in [1.807, 2.05) is 6.07 Å². The molecule has 0 spiro atoms. The van der Waals surface area contributed by atoms with Gasteiger partial charge in [-0.05, 0) is 105 Å². The average Bonchev–Trinajstić information content (AvgIpc) is 3.89. The maximum absolute atomic E-state index is 6.50. The third kappa shape index (κ3) is 6.04. The van der Waals surface area contributed by atoms with Crippen molar-refractivity contribution in [2.24, 2.45) is 0 Å². The van der Waals surface area contributed by atoms with Crippen LogP contribution in [0.15, 0.2) is 211 Å². The van der Waals surface area contributed by atoms with E-state index in [1.165, 1.54) is 38.6 Å². The Kier molecular flexibility index (Phi) is 8.01. The van der Waals surface area contributed by atoms with Crippen LogP contribution in [0.5, 0.6) is 0 Å². The van der Waals surface area contributed by atoms with Gasteiger partial charge in [-0.25, -0.2) is 4.98 Å². The maximum Gasteiger partial charge on any atom is 0.137 e. The van der Waals surface area contributed by atoms with Crippen LogP contribution in [-0.4, -0.2) is 4.98 Å². The van der Waals surface area contributed by atoms with Gasteiger partial charge >= 0.3 is 0 Å². The van der Waals surface area contributed by atoms with Crippen LogP contribution in [0.25, 0.3) is 86.9 Å². The number of aromatic nitrogens is 1. The molecule has 3 nitrogen and oxygen atoms in total. The molecule has 57 heavy (non-hydrogen) atoms. The summed E-state index contributed by atoms with van der Waals surface area (Å²) in [7, 11) is 0. The molecule has 268 valence electrons. The van der Waals surface area contributed by atoms with Gasteiger partial charge in [0.2, 0.25) is 0 Å². The largest absolute Gasteiger partial charge is 0.456 e. The first kappa shape index (κ1) is 33.1. The van der Waals surface area contributed by atoms with Gasteiger partial charge in [0, 0.05) is 28.0 Å². The van der Waals surface area contributed by atoms with E-state index in [9.17, 15) is 0 Å². The summed E-state index contributed by atoms with van der Waals surface area (Å²) in [5, 5.41) is 5.56. The monoisotopic (exact) mass is 746 g/mol. The van der Waals surface area contributed by atoms with E-state index >= 15 is 0 Å². The Morgan fingerprint density at radius 1 is 0.386 bits per heavy atom. The van der Waals surface area contributed by atoms with Crippen molar-refractivity contribution < 1.29 is 4.42 Å². The van der Waals surface area contributed by atoms with Crippen molar-refractivity contribution in [2.75, 3.05) is 4.90 Å². The second-order valence-corrected chi connectivity index (χ2v) is 15.4. The van der Waals surface area contributed by atoms with Gasteiger partial charge in [-0.2, -0.15) is 0 Å². The first-order valence-electron chi connectivity index (χ1n) is 19.2. The van der Waals surface area contributed by atoms with Gasteiger partial charge in [-0.1, -0.05) is 146 Å². The standard InChI is InChI=1S/C53H34N2OS/c1-3-10-35(11-4-1)38-18-21-40(22-19-38)53-54-52-50(57-53)31-30-49-51(52)47-34-46(28-29-48(47)56-49)55(45-17-9-16-42(33-45)36-12-5-2-6-13-36)44-26-24-39(25-27-44)43-23-20-37-14-7-8-15-41(37)32-43/h1-34H. The van der Waals surface area contributed by atoms with Crippen molar-refractivity contribution >= 4 is 71.3 Å². The number of hydrogen-bond acceptors (Lipinski definition) is 4. The van der Waals surface area contributed by atoms with Crippen molar-refractivity contribution in [1.82, 2.24) is 4.98 Å². The number of thiazole rings is 1. The summed E-state index contributed by atoms with van der Waals surface area (Å²) < 4.78 is 7.64. The fraction of sp³-hybridized carbons (Fsp3) is 0. The van der Waals surface area contributed by atoms with Gasteiger partial charge in [-0.15, -0.1) is 11.3 Å². The van der Waals surface area contributed by atoms with Gasteiger partial charge in [0.15, 0.2) is 0 Å². The van der Waals surface area contributed by atoms with Gasteiger partial charge < -0.3 is 9.32 Å². The highest BCUT2D eigenvalue weighted by atomic mass is 32.1. The first-order chi connectivity index (χ1) is 28.2. The third-order valence-electron chi connectivity index (χ3n) is 10.9. The van der Waals surface area contributed by atoms with Crippen LogP contribution in [0.2, 0.25) is 0 Å². The zero-order valence-corrected chi connectivity index (χ0v) is 31.7. The lowest BCUT2D eigenvalue weighted by molar-refractivity contribution is 0.669. The lowest BCUT2D eigenvalue weighted by atomic mass is 10.0. The van der Waals surface area contributed by atoms with Crippen LogP contribution in [-0.2, 0) is 0 Å². The molecule has 11 rings (SSSR count). The second-order valence-electron chi connectivity index (χ2n) is 14.4. The summed E-state index contributed by atoms with van der Waals surface area (Å²) in [6, 6.07) is 73.4. The summed E-state index contributed by atoms with van der Waals surface area (Å²) in [5.74, 6) is 0. The van der Waals surface area contributed by atoms with E-state index in [0.29, 0.717) is 0 Å². The normalized spacial score (nSPS) is 11.5. The molecule has 0 bridgehead atoms. The number of rotatable bonds is 7. The topological polar surface area (TPSA) is 29.3 Å². The minimum absolute atomic E-state index is 0.836. The minimum Gasteiger partial charge on any atom is -0.456 e. The summed E-state index contributed by atoms with van der Waals surface area (Å²) in [6.07, 6.45) is 0. The predicted octanol–water partition coefficient (Wildman–Crippen LogP) is 15.5. The lowest BCUT2D eigenvalue weighted by Gasteiger charge is -2.26. The van der Waals surface area contributed by atoms with E-state index in [1.54, 1.807) is 11.3 Å². The summed E-state index contributed by atoms with van der Waals surface area (Å²) in [6.45, 7) is 0. The zero-order valence-electron chi connectivity index (χ0n) is 30.8. The van der Waals surface area contributed by atoms with Crippen LogP contribution in [0.3, 0.4) is 0 Å². The highest BCUT2D eigenvalue weighted by Crippen LogP contribution is 2.43. The van der Waals surface area contributed by atoms with E-state index in [4.69, 9.17) is 9.40 Å². The third-order valence-corrected chi connectivity index (χ3v) is 12.0. The van der Waals surface area contributed by atoms with Gasteiger partial charge in [-0.3, -0.25) is 0 Å². The molecule has 2 aromatic heterocycles. The molecule has 0 radical (unpaired) electrons. The van der Waals surface area contributed by atoms with Crippen LogP contribution in [0, 0.1) is 0 Å². The fourth-order valence-corrected chi connectivity index (χ4v) is 8.99. The number of hydrogen-bond donors (Lipinski definition) is 0. The molecule has 0 unspecified atom stereocenters. The average molecular weight is 747 g/mol. The van der Waals surface area contributed by atoms with Gasteiger partial charge in [0.05, 0.1) is 15.6 Å². The SMILES string of the molecule is c1ccc(-c2ccc(-c3nc4c(ccc5oc6ccc(N(c7ccc(-c8ccc9ccccc9c8)cc7)c7cccc(-c8ccccc8)c7)cc6c54)s3)cc2)cc1. The zero-order chi connectivity index (χ0) is 37.7. The lowest BCUT2D eigenvalue weighted by Crippen LogP contribution is -2.10. The molecule has 0 aliphatic carbocycles. The summed E-state index contributed by atoms with van der Waals surface area (Å²) in [5.41, 5.74) is 14.0. The second kappa shape index (κ2) is 13.8. The molecule has 0 amide bonds. The maximum atomic E-state index is 6.50. The Labute approximate surface area is 334 Å². The van der Waals surface area contributed by atoms with E-state index in [0.717, 1.165) is 65.4 Å². The van der Waals surface area contributed by atoms with Crippen LogP contribution < -0.4 is 4.90 Å². The van der Waals surface area contributed by atoms with Crippen LogP contribution in [0.4, 0.5) is 17.1 Å². The fourth-order valence-electron chi connectivity index (χ4n) is 8.01. The molecule has 4 heteroatoms. The van der Waals surface area contributed by atoms with Crippen molar-refractivity contribution in [2.45, 2.75) is 0 Å². The first-order valence-corrected chi connectivity index (χ1v) is 20.0. The molecular weight excluding hydrogens is 713 g/mol. The summed E-state index contributed by atoms with van der Waals surface area (Å²) >= 11 is 1.72. The molecule has 0 fully saturated rings. The van der Waals surface area contributed by atoms with E-state index < -0.39 is 0 Å². The Bertz CT molecular complexity index is 3220. The highest BCUT2D eigenvalue weighted by molar-refractivity contribution is 7.21. The van der Waals surface area contributed by atoms with Crippen molar-refractivity contribution in [3.05, 3.63) is 206 Å². The van der Waals surface area contributed by atoms with Crippen LogP contribution in [0.1, 0.15) is 0 Å². The predicted molar refractivity (Wildman–Crippen MR) is 241 cm³/mol. The molecule has 9 aromatic carbocycles. The molecule has 0 atom stereocenters. The molecule has 0 saturated heterocycles. The van der Waals surface area contributed by atoms with E-state index in [2.05, 4.69) is 205 Å². The number of nitrogens with zero attached hydrogens (tertiary/aromatic N) is 2. The Balaban J connectivity index is 1.03. The quantitative estimate of drug-likeness (QED) is 0.163. The molecule has 0 saturated carbocycles. The Morgan fingerprint density at radius 3 is 1.74 bits per heavy atom. The van der Waals surface area contributed by atoms with Gasteiger partial charge in [0.25, 0.3) is 0 Å². The molecular formula is C53H34N2OS. The van der Waals surface area contributed by atoms with Crippen LogP contribution >= 0.6 is 11.3 Å². The smallest absolute Gasteiger partial charge is 0.137 e.